The van der Waals surface area contributed by atoms with Gasteiger partial charge in [-0.15, -0.1) is 0 Å². The minimum atomic E-state index is -0.891. The van der Waals surface area contributed by atoms with E-state index in [1.165, 1.54) is 6.08 Å². The Labute approximate surface area is 68.3 Å². The van der Waals surface area contributed by atoms with Gasteiger partial charge in [-0.2, -0.15) is 0 Å². The third-order valence-corrected chi connectivity index (χ3v) is 0.942. The van der Waals surface area contributed by atoms with Crippen LogP contribution < -0.4 is 0 Å². The molecule has 0 rings (SSSR count). The lowest BCUT2D eigenvalue weighted by molar-refractivity contribution is -0.131. The zero-order valence-corrected chi connectivity index (χ0v) is 7.66. The minimum absolute atomic E-state index is 0.891. The van der Waals surface area contributed by atoms with Crippen molar-refractivity contribution < 1.29 is 9.90 Å². The summed E-state index contributed by atoms with van der Waals surface area (Å²) in [6, 6.07) is 0. The molecular formula is C8H17NO2. The second-order valence-electron chi connectivity index (χ2n) is 2.23. The number of carbonyl (C=O) groups is 1. The van der Waals surface area contributed by atoms with Gasteiger partial charge in [0.05, 0.1) is 0 Å². The summed E-state index contributed by atoms with van der Waals surface area (Å²) in [5, 5.41) is 7.83. The summed E-state index contributed by atoms with van der Waals surface area (Å²) in [5.41, 5.74) is 0. The molecule has 0 aromatic heterocycles. The molecule has 0 unspecified atom stereocenters. The summed E-state index contributed by atoms with van der Waals surface area (Å²) in [6.45, 7) is 4.92. The quantitative estimate of drug-likeness (QED) is 0.616. The highest BCUT2D eigenvalue weighted by Gasteiger charge is 1.76. The van der Waals surface area contributed by atoms with E-state index in [9.17, 15) is 4.79 Å². The van der Waals surface area contributed by atoms with Crippen LogP contribution in [0.2, 0.25) is 0 Å². The minimum Gasteiger partial charge on any atom is -0.478 e. The molecule has 3 nitrogen and oxygen atoms in total. The molecule has 0 heterocycles. The standard InChI is InChI=1S/C4H11N.C4H6O2/c1-4-5(2)3;1-2-3-4(5)6/h4H2,1-3H3;2-3H,1H3,(H,5,6). The van der Waals surface area contributed by atoms with E-state index < -0.39 is 5.97 Å². The Balaban J connectivity index is 0. The third kappa shape index (κ3) is 27.1. The Kier molecular flexibility index (Phi) is 10.7. The van der Waals surface area contributed by atoms with E-state index in [1.54, 1.807) is 6.92 Å². The van der Waals surface area contributed by atoms with Gasteiger partial charge in [-0.3, -0.25) is 0 Å². The zero-order chi connectivity index (χ0) is 9.28. The van der Waals surface area contributed by atoms with Crippen molar-refractivity contribution >= 4 is 5.97 Å². The van der Waals surface area contributed by atoms with Crippen molar-refractivity contribution in [2.24, 2.45) is 0 Å². The molecule has 0 aromatic rings. The summed E-state index contributed by atoms with van der Waals surface area (Å²) in [5.74, 6) is -0.891. The van der Waals surface area contributed by atoms with Crippen LogP contribution in [0, 0.1) is 0 Å². The molecule has 11 heavy (non-hydrogen) atoms. The fourth-order valence-corrected chi connectivity index (χ4v) is 0.143. The topological polar surface area (TPSA) is 40.5 Å². The SMILES string of the molecule is CC=CC(=O)O.CCN(C)C. The third-order valence-electron chi connectivity index (χ3n) is 0.942. The fourth-order valence-electron chi connectivity index (χ4n) is 0.143. The highest BCUT2D eigenvalue weighted by atomic mass is 16.4. The van der Waals surface area contributed by atoms with Gasteiger partial charge in [0.2, 0.25) is 0 Å². The Morgan fingerprint density at radius 3 is 1.91 bits per heavy atom. The zero-order valence-electron chi connectivity index (χ0n) is 7.66. The van der Waals surface area contributed by atoms with E-state index in [1.807, 2.05) is 0 Å². The van der Waals surface area contributed by atoms with Crippen LogP contribution in [0.5, 0.6) is 0 Å². The van der Waals surface area contributed by atoms with Crippen molar-refractivity contribution in [2.75, 3.05) is 20.6 Å². The number of carboxylic acids is 1. The van der Waals surface area contributed by atoms with Crippen LogP contribution in [0.4, 0.5) is 0 Å². The van der Waals surface area contributed by atoms with E-state index >= 15 is 0 Å². The molecule has 0 aliphatic heterocycles. The van der Waals surface area contributed by atoms with Crippen LogP contribution in [0.25, 0.3) is 0 Å². The van der Waals surface area contributed by atoms with Gasteiger partial charge in [0.1, 0.15) is 0 Å². The highest BCUT2D eigenvalue weighted by Crippen LogP contribution is 1.65. The average Bonchev–Trinajstić information content (AvgIpc) is 1.89. The molecule has 0 bridgehead atoms. The first kappa shape index (κ1) is 12.8. The van der Waals surface area contributed by atoms with Crippen LogP contribution in [-0.4, -0.2) is 36.6 Å². The molecule has 0 aliphatic carbocycles. The predicted octanol–water partition coefficient (Wildman–Crippen LogP) is 1.22. The van der Waals surface area contributed by atoms with E-state index in [4.69, 9.17) is 5.11 Å². The van der Waals surface area contributed by atoms with Crippen molar-refractivity contribution in [2.45, 2.75) is 13.8 Å². The van der Waals surface area contributed by atoms with Crippen LogP contribution in [0.1, 0.15) is 13.8 Å². The Hall–Kier alpha value is -0.830. The molecule has 0 atom stereocenters. The van der Waals surface area contributed by atoms with Crippen molar-refractivity contribution in [3.8, 4) is 0 Å². The maximum Gasteiger partial charge on any atom is 0.327 e. The van der Waals surface area contributed by atoms with Crippen LogP contribution in [-0.2, 0) is 4.79 Å². The summed E-state index contributed by atoms with van der Waals surface area (Å²) in [6.07, 6.45) is 2.56. The predicted molar refractivity (Wildman–Crippen MR) is 46.7 cm³/mol. The number of allylic oxidation sites excluding steroid dienone is 1. The summed E-state index contributed by atoms with van der Waals surface area (Å²) >= 11 is 0. The monoisotopic (exact) mass is 159 g/mol. The molecule has 0 spiro atoms. The van der Waals surface area contributed by atoms with Crippen molar-refractivity contribution in [3.05, 3.63) is 12.2 Å². The van der Waals surface area contributed by atoms with Gasteiger partial charge in [0.25, 0.3) is 0 Å². The maximum atomic E-state index is 9.51. The van der Waals surface area contributed by atoms with Gasteiger partial charge in [-0.1, -0.05) is 13.0 Å². The highest BCUT2D eigenvalue weighted by molar-refractivity contribution is 5.79. The molecule has 0 fully saturated rings. The lowest BCUT2D eigenvalue weighted by atomic mass is 10.5. The van der Waals surface area contributed by atoms with Crippen LogP contribution in [0.15, 0.2) is 12.2 Å². The first-order chi connectivity index (χ1) is 5.04. The lowest BCUT2D eigenvalue weighted by Crippen LogP contribution is -2.08. The largest absolute Gasteiger partial charge is 0.478 e. The first-order valence-electron chi connectivity index (χ1n) is 3.54. The summed E-state index contributed by atoms with van der Waals surface area (Å²) in [7, 11) is 4.11. The van der Waals surface area contributed by atoms with Gasteiger partial charge < -0.3 is 10.0 Å². The van der Waals surface area contributed by atoms with Gasteiger partial charge >= 0.3 is 5.97 Å². The van der Waals surface area contributed by atoms with Crippen molar-refractivity contribution in [3.63, 3.8) is 0 Å². The Morgan fingerprint density at radius 1 is 1.55 bits per heavy atom. The molecule has 0 amide bonds. The average molecular weight is 159 g/mol. The van der Waals surface area contributed by atoms with Crippen molar-refractivity contribution in [1.29, 1.82) is 0 Å². The molecule has 0 aliphatic rings. The summed E-state index contributed by atoms with van der Waals surface area (Å²) < 4.78 is 0. The molecule has 0 saturated heterocycles. The van der Waals surface area contributed by atoms with Gasteiger partial charge in [-0.05, 0) is 27.6 Å². The number of nitrogens with zero attached hydrogens (tertiary/aromatic N) is 1. The molecule has 66 valence electrons. The van der Waals surface area contributed by atoms with Crippen LogP contribution in [0.3, 0.4) is 0 Å². The number of hydrogen-bond acceptors (Lipinski definition) is 2. The summed E-state index contributed by atoms with van der Waals surface area (Å²) in [4.78, 5) is 11.6. The van der Waals surface area contributed by atoms with E-state index in [2.05, 4.69) is 25.9 Å². The number of aliphatic carboxylic acids is 1. The van der Waals surface area contributed by atoms with E-state index in [0.717, 1.165) is 12.6 Å². The molecular weight excluding hydrogens is 142 g/mol. The molecule has 1 N–H and O–H groups in total. The van der Waals surface area contributed by atoms with E-state index in [-0.39, 0.29) is 0 Å². The second-order valence-corrected chi connectivity index (χ2v) is 2.23. The smallest absolute Gasteiger partial charge is 0.327 e. The molecule has 0 radical (unpaired) electrons. The molecule has 3 heteroatoms. The number of carboxylic acid groups (broad SMARTS) is 1. The normalized spacial score (nSPS) is 9.55. The maximum absolute atomic E-state index is 9.51. The van der Waals surface area contributed by atoms with Gasteiger partial charge in [-0.25, -0.2) is 4.79 Å². The molecule has 0 aromatic carbocycles. The number of rotatable bonds is 2. The van der Waals surface area contributed by atoms with Crippen molar-refractivity contribution in [1.82, 2.24) is 4.90 Å². The second kappa shape index (κ2) is 9.17. The number of hydrogen-bond donors (Lipinski definition) is 1. The fraction of sp³-hybridized carbons (Fsp3) is 0.625. The van der Waals surface area contributed by atoms with E-state index in [0.29, 0.717) is 0 Å². The Morgan fingerprint density at radius 2 is 1.91 bits per heavy atom. The van der Waals surface area contributed by atoms with Crippen LogP contribution >= 0.6 is 0 Å². The lowest BCUT2D eigenvalue weighted by Gasteiger charge is -2.00. The van der Waals surface area contributed by atoms with Gasteiger partial charge in [0, 0.05) is 6.08 Å². The Bertz CT molecular complexity index is 119. The molecule has 0 saturated carbocycles. The van der Waals surface area contributed by atoms with Gasteiger partial charge in [0.15, 0.2) is 0 Å². The first-order valence-corrected chi connectivity index (χ1v) is 3.54.